The SMILES string of the molecule is Cn1nnc2c1CCN(C(=O)C1NC(=O)CC1c1ccc(Cl)cc1)C2. The van der Waals surface area contributed by atoms with Crippen LogP contribution in [0.1, 0.15) is 29.3 Å². The smallest absolute Gasteiger partial charge is 0.246 e. The van der Waals surface area contributed by atoms with Gasteiger partial charge >= 0.3 is 0 Å². The van der Waals surface area contributed by atoms with Gasteiger partial charge in [0.1, 0.15) is 11.7 Å². The van der Waals surface area contributed by atoms with Crippen molar-refractivity contribution in [2.75, 3.05) is 6.54 Å². The zero-order valence-corrected chi connectivity index (χ0v) is 14.5. The van der Waals surface area contributed by atoms with Crippen LogP contribution in [0.4, 0.5) is 0 Å². The highest BCUT2D eigenvalue weighted by Crippen LogP contribution is 2.31. The maximum absolute atomic E-state index is 13.0. The van der Waals surface area contributed by atoms with Gasteiger partial charge in [0.25, 0.3) is 0 Å². The number of benzene rings is 1. The van der Waals surface area contributed by atoms with Crippen molar-refractivity contribution >= 4 is 23.4 Å². The Morgan fingerprint density at radius 2 is 2.08 bits per heavy atom. The van der Waals surface area contributed by atoms with Gasteiger partial charge in [0.2, 0.25) is 11.8 Å². The second-order valence-corrected chi connectivity index (χ2v) is 6.96. The van der Waals surface area contributed by atoms with E-state index in [0.717, 1.165) is 23.4 Å². The molecule has 1 saturated heterocycles. The molecule has 2 atom stereocenters. The fraction of sp³-hybridized carbons (Fsp3) is 0.412. The number of amides is 2. The monoisotopic (exact) mass is 359 g/mol. The molecular weight excluding hydrogens is 342 g/mol. The first kappa shape index (κ1) is 16.1. The first-order chi connectivity index (χ1) is 12.0. The van der Waals surface area contributed by atoms with Gasteiger partial charge in [-0.05, 0) is 17.7 Å². The highest BCUT2D eigenvalue weighted by Gasteiger charge is 2.41. The molecule has 2 aromatic rings. The van der Waals surface area contributed by atoms with Gasteiger partial charge < -0.3 is 10.2 Å². The van der Waals surface area contributed by atoms with Gasteiger partial charge in [0.15, 0.2) is 0 Å². The quantitative estimate of drug-likeness (QED) is 0.868. The molecule has 0 bridgehead atoms. The molecule has 2 aliphatic heterocycles. The number of halogens is 1. The minimum atomic E-state index is -0.549. The molecule has 25 heavy (non-hydrogen) atoms. The van der Waals surface area contributed by atoms with Crippen molar-refractivity contribution < 1.29 is 9.59 Å². The predicted octanol–water partition coefficient (Wildman–Crippen LogP) is 1.03. The molecule has 2 unspecified atom stereocenters. The van der Waals surface area contributed by atoms with Crippen LogP contribution >= 0.6 is 11.6 Å². The van der Waals surface area contributed by atoms with E-state index in [1.54, 1.807) is 21.7 Å². The normalized spacial score (nSPS) is 22.6. The molecule has 0 aliphatic carbocycles. The number of carbonyl (C=O) groups excluding carboxylic acids is 2. The van der Waals surface area contributed by atoms with Gasteiger partial charge in [-0.1, -0.05) is 28.9 Å². The molecule has 1 fully saturated rings. The molecule has 8 heteroatoms. The standard InChI is InChI=1S/C17H18ClN5O2/c1-22-14-6-7-23(9-13(14)20-21-22)17(25)16-12(8-15(24)19-16)10-2-4-11(18)5-3-10/h2-5,12,16H,6-9H2,1H3,(H,19,24). The van der Waals surface area contributed by atoms with Crippen LogP contribution in [-0.4, -0.2) is 44.3 Å². The average Bonchev–Trinajstić information content (AvgIpc) is 3.18. The van der Waals surface area contributed by atoms with Crippen LogP contribution in [0, 0.1) is 0 Å². The summed E-state index contributed by atoms with van der Waals surface area (Å²) in [5, 5.41) is 11.6. The molecule has 4 rings (SSSR count). The van der Waals surface area contributed by atoms with Gasteiger partial charge in [-0.25, -0.2) is 0 Å². The highest BCUT2D eigenvalue weighted by atomic mass is 35.5. The van der Waals surface area contributed by atoms with E-state index < -0.39 is 6.04 Å². The molecular formula is C17H18ClN5O2. The summed E-state index contributed by atoms with van der Waals surface area (Å²) in [6.07, 6.45) is 1.03. The molecule has 2 aliphatic rings. The van der Waals surface area contributed by atoms with Crippen LogP contribution < -0.4 is 5.32 Å². The summed E-state index contributed by atoms with van der Waals surface area (Å²) in [6, 6.07) is 6.78. The maximum atomic E-state index is 13.0. The summed E-state index contributed by atoms with van der Waals surface area (Å²) in [7, 11) is 1.86. The Morgan fingerprint density at radius 1 is 1.32 bits per heavy atom. The summed E-state index contributed by atoms with van der Waals surface area (Å²) in [6.45, 7) is 1.04. The lowest BCUT2D eigenvalue weighted by atomic mass is 9.91. The van der Waals surface area contributed by atoms with Crippen molar-refractivity contribution in [2.24, 2.45) is 7.05 Å². The minimum Gasteiger partial charge on any atom is -0.344 e. The van der Waals surface area contributed by atoms with Crippen LogP contribution in [0.3, 0.4) is 0 Å². The first-order valence-electron chi connectivity index (χ1n) is 8.24. The number of fused-ring (bicyclic) bond motifs is 1. The summed E-state index contributed by atoms with van der Waals surface area (Å²) in [4.78, 5) is 26.8. The van der Waals surface area contributed by atoms with E-state index >= 15 is 0 Å². The third kappa shape index (κ3) is 2.89. The average molecular weight is 360 g/mol. The summed E-state index contributed by atoms with van der Waals surface area (Å²) < 4.78 is 1.75. The lowest BCUT2D eigenvalue weighted by Gasteiger charge is -2.30. The van der Waals surface area contributed by atoms with Crippen LogP contribution in [0.2, 0.25) is 5.02 Å². The molecule has 2 amide bonds. The Kier molecular flexibility index (Phi) is 3.95. The molecule has 1 N–H and O–H groups in total. The Bertz CT molecular complexity index is 832. The fourth-order valence-electron chi connectivity index (χ4n) is 3.64. The first-order valence-corrected chi connectivity index (χ1v) is 8.62. The van der Waals surface area contributed by atoms with E-state index in [2.05, 4.69) is 15.6 Å². The van der Waals surface area contributed by atoms with E-state index in [1.807, 2.05) is 19.2 Å². The molecule has 0 spiro atoms. The predicted molar refractivity (Wildman–Crippen MR) is 90.9 cm³/mol. The summed E-state index contributed by atoms with van der Waals surface area (Å²) in [5.41, 5.74) is 2.83. The highest BCUT2D eigenvalue weighted by molar-refractivity contribution is 6.30. The number of aryl methyl sites for hydroxylation is 1. The third-order valence-electron chi connectivity index (χ3n) is 4.98. The zero-order valence-electron chi connectivity index (χ0n) is 13.8. The van der Waals surface area contributed by atoms with Gasteiger partial charge in [-0.15, -0.1) is 5.10 Å². The number of carbonyl (C=O) groups is 2. The van der Waals surface area contributed by atoms with Gasteiger partial charge in [-0.3, -0.25) is 14.3 Å². The molecule has 1 aromatic heterocycles. The van der Waals surface area contributed by atoms with Crippen LogP contribution in [0.15, 0.2) is 24.3 Å². The van der Waals surface area contributed by atoms with Crippen LogP contribution in [0.5, 0.6) is 0 Å². The van der Waals surface area contributed by atoms with Gasteiger partial charge in [-0.2, -0.15) is 0 Å². The summed E-state index contributed by atoms with van der Waals surface area (Å²) in [5.74, 6) is -0.349. The molecule has 0 saturated carbocycles. The Labute approximate surface area is 149 Å². The number of aromatic nitrogens is 3. The zero-order chi connectivity index (χ0) is 17.6. The topological polar surface area (TPSA) is 80.1 Å². The van der Waals surface area contributed by atoms with Crippen molar-refractivity contribution in [1.29, 1.82) is 0 Å². The minimum absolute atomic E-state index is 0.0675. The van der Waals surface area contributed by atoms with Crippen molar-refractivity contribution in [3.8, 4) is 0 Å². The van der Waals surface area contributed by atoms with Crippen LogP contribution in [-0.2, 0) is 29.6 Å². The molecule has 130 valence electrons. The van der Waals surface area contributed by atoms with Gasteiger partial charge in [0, 0.05) is 37.4 Å². The summed E-state index contributed by atoms with van der Waals surface area (Å²) >= 11 is 5.94. The lowest BCUT2D eigenvalue weighted by Crippen LogP contribution is -2.48. The van der Waals surface area contributed by atoms with E-state index in [9.17, 15) is 9.59 Å². The fourth-order valence-corrected chi connectivity index (χ4v) is 3.76. The molecule has 7 nitrogen and oxygen atoms in total. The second kappa shape index (κ2) is 6.15. The number of hydrogen-bond acceptors (Lipinski definition) is 4. The van der Waals surface area contributed by atoms with E-state index in [0.29, 0.717) is 24.5 Å². The van der Waals surface area contributed by atoms with E-state index in [1.165, 1.54) is 0 Å². The van der Waals surface area contributed by atoms with E-state index in [4.69, 9.17) is 11.6 Å². The molecule has 1 aromatic carbocycles. The Balaban J connectivity index is 1.56. The maximum Gasteiger partial charge on any atom is 0.246 e. The number of nitrogens with zero attached hydrogens (tertiary/aromatic N) is 4. The van der Waals surface area contributed by atoms with E-state index in [-0.39, 0.29) is 17.7 Å². The van der Waals surface area contributed by atoms with Gasteiger partial charge in [0.05, 0.1) is 12.2 Å². The lowest BCUT2D eigenvalue weighted by molar-refractivity contribution is -0.135. The number of nitrogens with one attached hydrogen (secondary N) is 1. The second-order valence-electron chi connectivity index (χ2n) is 6.52. The van der Waals surface area contributed by atoms with Crippen molar-refractivity contribution in [1.82, 2.24) is 25.2 Å². The third-order valence-corrected chi connectivity index (χ3v) is 5.23. The van der Waals surface area contributed by atoms with Crippen molar-refractivity contribution in [3.05, 3.63) is 46.2 Å². The molecule has 0 radical (unpaired) electrons. The largest absolute Gasteiger partial charge is 0.344 e. The van der Waals surface area contributed by atoms with Crippen LogP contribution in [0.25, 0.3) is 0 Å². The number of rotatable bonds is 2. The number of hydrogen-bond donors (Lipinski definition) is 1. The Morgan fingerprint density at radius 3 is 2.84 bits per heavy atom. The van der Waals surface area contributed by atoms with Crippen molar-refractivity contribution in [2.45, 2.75) is 31.3 Å². The molecule has 3 heterocycles. The Hall–Kier alpha value is -2.41. The van der Waals surface area contributed by atoms with Crippen molar-refractivity contribution in [3.63, 3.8) is 0 Å².